The van der Waals surface area contributed by atoms with Gasteiger partial charge in [0.05, 0.1) is 13.2 Å². The zero-order valence-electron chi connectivity index (χ0n) is 11.7. The Bertz CT molecular complexity index is 592. The Hall–Kier alpha value is -2.13. The molecule has 3 atom stereocenters. The number of hydrogen-bond donors (Lipinski definition) is 3. The predicted octanol–water partition coefficient (Wildman–Crippen LogP) is -0.606. The van der Waals surface area contributed by atoms with Crippen LogP contribution in [-0.2, 0) is 14.3 Å². The smallest absolute Gasteiger partial charge is 0.331 e. The number of nitrogens with zero attached hydrogens (tertiary/aromatic N) is 1. The van der Waals surface area contributed by atoms with E-state index >= 15 is 0 Å². The van der Waals surface area contributed by atoms with Crippen LogP contribution in [0.1, 0.15) is 25.3 Å². The maximum absolute atomic E-state index is 11.9. The van der Waals surface area contributed by atoms with Gasteiger partial charge in [0.25, 0.3) is 0 Å². The summed E-state index contributed by atoms with van der Waals surface area (Å²) in [5, 5.41) is 17.3. The fraction of sp³-hybridized carbons (Fsp3) is 0.583. The van der Waals surface area contributed by atoms with Crippen LogP contribution in [-0.4, -0.2) is 52.8 Å². The molecule has 21 heavy (non-hydrogen) atoms. The molecule has 0 saturated carbocycles. The molecule has 3 N–H and O–H groups in total. The molecular formula is C12H17N3O6. The second-order valence-corrected chi connectivity index (χ2v) is 4.60. The number of rotatable bonds is 5. The topological polar surface area (TPSA) is 127 Å². The number of nitrogens with one attached hydrogen (secondary N) is 2. The van der Waals surface area contributed by atoms with Gasteiger partial charge in [0.1, 0.15) is 24.6 Å². The molecule has 0 aromatic carbocycles. The van der Waals surface area contributed by atoms with Crippen LogP contribution in [0.4, 0.5) is 0 Å². The van der Waals surface area contributed by atoms with Crippen molar-refractivity contribution in [1.82, 2.24) is 9.55 Å². The van der Waals surface area contributed by atoms with Crippen molar-refractivity contribution in [3.05, 3.63) is 16.2 Å². The van der Waals surface area contributed by atoms with Crippen LogP contribution in [0.25, 0.3) is 0 Å². The van der Waals surface area contributed by atoms with Crippen LogP contribution in [0.3, 0.4) is 0 Å². The third kappa shape index (κ3) is 2.98. The van der Waals surface area contributed by atoms with Crippen LogP contribution < -0.4 is 10.4 Å². The van der Waals surface area contributed by atoms with Crippen molar-refractivity contribution in [2.45, 2.75) is 31.8 Å². The van der Waals surface area contributed by atoms with Crippen molar-refractivity contribution in [3.63, 3.8) is 0 Å². The highest BCUT2D eigenvalue weighted by molar-refractivity contribution is 5.77. The Morgan fingerprint density at radius 3 is 2.95 bits per heavy atom. The number of carbonyl (C=O) groups excluding carboxylic acids is 1. The largest absolute Gasteiger partial charge is 0.481 e. The highest BCUT2D eigenvalue weighted by Gasteiger charge is 2.37. The Kier molecular flexibility index (Phi) is 4.43. The molecule has 9 nitrogen and oxygen atoms in total. The number of H-pyrrole nitrogens is 1. The molecule has 1 aromatic rings. The number of aliphatic hydroxyl groups excluding tert-OH is 1. The number of ether oxygens (including phenoxy) is 3. The van der Waals surface area contributed by atoms with E-state index in [2.05, 4.69) is 4.98 Å². The van der Waals surface area contributed by atoms with Crippen molar-refractivity contribution in [2.24, 2.45) is 0 Å². The number of aliphatic hydroxyl groups is 1. The Morgan fingerprint density at radius 1 is 1.67 bits per heavy atom. The van der Waals surface area contributed by atoms with Crippen molar-refractivity contribution < 1.29 is 24.1 Å². The van der Waals surface area contributed by atoms with Gasteiger partial charge >= 0.3 is 11.7 Å². The molecule has 0 radical (unpaired) electrons. The summed E-state index contributed by atoms with van der Waals surface area (Å²) in [6, 6.07) is 0. The molecule has 1 aromatic heterocycles. The first-order valence-electron chi connectivity index (χ1n) is 6.33. The van der Waals surface area contributed by atoms with Gasteiger partial charge in [-0.1, -0.05) is 0 Å². The van der Waals surface area contributed by atoms with Gasteiger partial charge in [-0.25, -0.2) is 4.79 Å². The molecule has 0 spiro atoms. The molecule has 9 heteroatoms. The average Bonchev–Trinajstić information content (AvgIpc) is 2.95. The summed E-state index contributed by atoms with van der Waals surface area (Å²) in [5.41, 5.74) is -0.288. The van der Waals surface area contributed by atoms with E-state index in [4.69, 9.17) is 19.6 Å². The van der Waals surface area contributed by atoms with Crippen LogP contribution in [0, 0.1) is 5.41 Å². The van der Waals surface area contributed by atoms with Gasteiger partial charge in [0.15, 0.2) is 0 Å². The first-order valence-corrected chi connectivity index (χ1v) is 6.33. The molecular weight excluding hydrogens is 282 g/mol. The van der Waals surface area contributed by atoms with Crippen LogP contribution in [0.2, 0.25) is 0 Å². The van der Waals surface area contributed by atoms with E-state index in [0.717, 1.165) is 6.21 Å². The van der Waals surface area contributed by atoms with E-state index in [1.807, 2.05) is 0 Å². The Balaban J connectivity index is 2.21. The van der Waals surface area contributed by atoms with E-state index in [0.29, 0.717) is 0 Å². The number of methoxy groups -OCH3 is 1. The first kappa shape index (κ1) is 15.3. The van der Waals surface area contributed by atoms with Gasteiger partial charge < -0.3 is 24.7 Å². The normalized spacial score (nSPS) is 24.8. The lowest BCUT2D eigenvalue weighted by Gasteiger charge is -2.15. The summed E-state index contributed by atoms with van der Waals surface area (Å²) in [7, 11) is 1.37. The van der Waals surface area contributed by atoms with Gasteiger partial charge in [-0.3, -0.25) is 14.3 Å². The summed E-state index contributed by atoms with van der Waals surface area (Å²) in [4.78, 5) is 25.2. The molecule has 1 aliphatic heterocycles. The van der Waals surface area contributed by atoms with E-state index in [1.165, 1.54) is 18.6 Å². The zero-order valence-corrected chi connectivity index (χ0v) is 11.7. The summed E-state index contributed by atoms with van der Waals surface area (Å²) in [5.74, 6) is -0.327. The van der Waals surface area contributed by atoms with Gasteiger partial charge in [-0.05, 0) is 0 Å². The minimum atomic E-state index is -0.874. The lowest BCUT2D eigenvalue weighted by atomic mass is 10.2. The second kappa shape index (κ2) is 6.10. The van der Waals surface area contributed by atoms with Crippen LogP contribution in [0.5, 0.6) is 5.88 Å². The molecule has 0 aliphatic carbocycles. The molecule has 1 fully saturated rings. The monoisotopic (exact) mass is 299 g/mol. The van der Waals surface area contributed by atoms with Crippen molar-refractivity contribution in [1.29, 1.82) is 5.41 Å². The standard InChI is InChI=1S/C12H17N3O6/c1-6(16)20-5-9-8(17)3-10(21-9)15-7(4-13)11(19-2)14-12(15)18/h4,8-10,13,17H,3,5H2,1-2H3,(H,14,18)/t8-,9+,10+/m0/s1. The van der Waals surface area contributed by atoms with E-state index < -0.39 is 30.1 Å². The maximum Gasteiger partial charge on any atom is 0.331 e. The van der Waals surface area contributed by atoms with Gasteiger partial charge in [0.2, 0.25) is 5.88 Å². The summed E-state index contributed by atoms with van der Waals surface area (Å²) >= 11 is 0. The van der Waals surface area contributed by atoms with Crippen molar-refractivity contribution >= 4 is 12.2 Å². The predicted molar refractivity (Wildman–Crippen MR) is 70.7 cm³/mol. The van der Waals surface area contributed by atoms with E-state index in [-0.39, 0.29) is 24.6 Å². The van der Waals surface area contributed by atoms with Crippen LogP contribution >= 0.6 is 0 Å². The van der Waals surface area contributed by atoms with Crippen molar-refractivity contribution in [2.75, 3.05) is 13.7 Å². The summed E-state index contributed by atoms with van der Waals surface area (Å²) < 4.78 is 16.5. The average molecular weight is 299 g/mol. The molecule has 0 unspecified atom stereocenters. The molecule has 1 aliphatic rings. The third-order valence-corrected chi connectivity index (χ3v) is 3.22. The fourth-order valence-electron chi connectivity index (χ4n) is 2.24. The second-order valence-electron chi connectivity index (χ2n) is 4.60. The number of hydrogen-bond acceptors (Lipinski definition) is 7. The van der Waals surface area contributed by atoms with E-state index in [9.17, 15) is 14.7 Å². The maximum atomic E-state index is 11.9. The van der Waals surface area contributed by atoms with Gasteiger partial charge in [-0.2, -0.15) is 0 Å². The minimum absolute atomic E-state index is 0.0940. The zero-order chi connectivity index (χ0) is 15.6. The SMILES string of the molecule is COc1[nH]c(=O)n([C@H]2C[C@H](O)[C@@H](COC(C)=O)O2)c1C=N. The molecule has 0 amide bonds. The minimum Gasteiger partial charge on any atom is -0.481 e. The lowest BCUT2D eigenvalue weighted by molar-refractivity contribution is -0.147. The van der Waals surface area contributed by atoms with Gasteiger partial charge in [-0.15, -0.1) is 0 Å². The summed E-state index contributed by atoms with van der Waals surface area (Å²) in [6.45, 7) is 1.16. The molecule has 2 rings (SSSR count). The number of carbonyl (C=O) groups is 1. The first-order chi connectivity index (χ1) is 9.97. The highest BCUT2D eigenvalue weighted by atomic mass is 16.6. The number of aromatic amines is 1. The number of imidazole rings is 1. The Morgan fingerprint density at radius 2 is 2.38 bits per heavy atom. The number of aromatic nitrogens is 2. The molecule has 116 valence electrons. The summed E-state index contributed by atoms with van der Waals surface area (Å²) in [6.07, 6.45) is -1.24. The van der Waals surface area contributed by atoms with Crippen LogP contribution in [0.15, 0.2) is 4.79 Å². The highest BCUT2D eigenvalue weighted by Crippen LogP contribution is 2.30. The van der Waals surface area contributed by atoms with Crippen molar-refractivity contribution in [3.8, 4) is 5.88 Å². The van der Waals surface area contributed by atoms with Gasteiger partial charge in [0, 0.05) is 19.6 Å². The van der Waals surface area contributed by atoms with E-state index in [1.54, 1.807) is 0 Å². The fourth-order valence-corrected chi connectivity index (χ4v) is 2.24. The molecule has 0 bridgehead atoms. The molecule has 1 saturated heterocycles. The lowest BCUT2D eigenvalue weighted by Crippen LogP contribution is -2.28. The Labute approximate surface area is 119 Å². The quantitative estimate of drug-likeness (QED) is 0.492. The molecule has 2 heterocycles. The third-order valence-electron chi connectivity index (χ3n) is 3.22. The number of esters is 1.